The van der Waals surface area contributed by atoms with Crippen molar-refractivity contribution in [3.05, 3.63) is 53.1 Å². The van der Waals surface area contributed by atoms with Crippen molar-refractivity contribution in [3.63, 3.8) is 0 Å². The number of imidazole rings is 1. The van der Waals surface area contributed by atoms with Crippen LogP contribution in [0.15, 0.2) is 36.7 Å². The molecule has 1 amide bonds. The highest BCUT2D eigenvalue weighted by Gasteiger charge is 2.30. The predicted molar refractivity (Wildman–Crippen MR) is 92.9 cm³/mol. The maximum atomic E-state index is 14.0. The third kappa shape index (κ3) is 2.99. The number of carbonyl (C=O) groups excluding carboxylic acids is 1. The minimum Gasteiger partial charge on any atom is -0.392 e. The molecular formula is C18H15ClFN3O2. The smallest absolute Gasteiger partial charge is 0.228 e. The molecule has 0 radical (unpaired) electrons. The van der Waals surface area contributed by atoms with E-state index < -0.39 is 12.4 Å². The first-order valence-corrected chi connectivity index (χ1v) is 8.32. The monoisotopic (exact) mass is 359 g/mol. The number of pyridine rings is 1. The summed E-state index contributed by atoms with van der Waals surface area (Å²) in [5.41, 5.74) is 1.89. The van der Waals surface area contributed by atoms with Crippen molar-refractivity contribution in [3.8, 4) is 11.1 Å². The summed E-state index contributed by atoms with van der Waals surface area (Å²) >= 11 is 6.22. The fourth-order valence-electron chi connectivity index (χ4n) is 2.83. The van der Waals surface area contributed by atoms with Crippen LogP contribution in [0.1, 0.15) is 18.4 Å². The van der Waals surface area contributed by atoms with Gasteiger partial charge in [-0.2, -0.15) is 0 Å². The second-order valence-corrected chi connectivity index (χ2v) is 6.52. The molecule has 2 aromatic heterocycles. The Morgan fingerprint density at radius 3 is 2.84 bits per heavy atom. The molecule has 5 nitrogen and oxygen atoms in total. The van der Waals surface area contributed by atoms with Crippen LogP contribution in [0.4, 0.5) is 10.2 Å². The standard InChI is InChI=1S/C18H15ClFN3O2/c19-13-4-5-14(20)12(9-24)17(13)11-3-6-16-21-15(8-23(16)7-11)22-18(25)10-1-2-10/h3-8,10,24H,1-2,9H2,(H,22,25). The van der Waals surface area contributed by atoms with E-state index in [1.165, 1.54) is 12.1 Å². The minimum absolute atomic E-state index is 0.0145. The largest absolute Gasteiger partial charge is 0.392 e. The highest BCUT2D eigenvalue weighted by atomic mass is 35.5. The van der Waals surface area contributed by atoms with Crippen LogP contribution in [0, 0.1) is 11.7 Å². The van der Waals surface area contributed by atoms with E-state index in [1.807, 2.05) is 0 Å². The lowest BCUT2D eigenvalue weighted by Gasteiger charge is -2.11. The molecule has 0 unspecified atom stereocenters. The third-order valence-corrected chi connectivity index (χ3v) is 4.62. The van der Waals surface area contributed by atoms with Gasteiger partial charge in [-0.1, -0.05) is 11.6 Å². The summed E-state index contributed by atoms with van der Waals surface area (Å²) < 4.78 is 15.7. The molecule has 2 N–H and O–H groups in total. The van der Waals surface area contributed by atoms with Crippen molar-refractivity contribution in [2.75, 3.05) is 5.32 Å². The number of amides is 1. The summed E-state index contributed by atoms with van der Waals surface area (Å²) in [6.45, 7) is -0.452. The molecular weight excluding hydrogens is 345 g/mol. The zero-order valence-corrected chi connectivity index (χ0v) is 13.9. The van der Waals surface area contributed by atoms with Crippen molar-refractivity contribution in [1.29, 1.82) is 0 Å². The summed E-state index contributed by atoms with van der Waals surface area (Å²) in [7, 11) is 0. The van der Waals surface area contributed by atoms with E-state index in [0.29, 0.717) is 27.6 Å². The maximum absolute atomic E-state index is 14.0. The number of aliphatic hydroxyl groups is 1. The molecule has 2 heterocycles. The van der Waals surface area contributed by atoms with Gasteiger partial charge in [0, 0.05) is 33.8 Å². The molecule has 0 atom stereocenters. The molecule has 4 rings (SSSR count). The number of benzene rings is 1. The van der Waals surface area contributed by atoms with Crippen LogP contribution in [-0.2, 0) is 11.4 Å². The van der Waals surface area contributed by atoms with Gasteiger partial charge >= 0.3 is 0 Å². The first-order chi connectivity index (χ1) is 12.1. The number of aromatic nitrogens is 2. The van der Waals surface area contributed by atoms with Gasteiger partial charge in [-0.3, -0.25) is 4.79 Å². The van der Waals surface area contributed by atoms with E-state index in [0.717, 1.165) is 12.8 Å². The Balaban J connectivity index is 1.74. The van der Waals surface area contributed by atoms with Gasteiger partial charge in [0.05, 0.1) is 12.8 Å². The lowest BCUT2D eigenvalue weighted by Crippen LogP contribution is -2.13. The van der Waals surface area contributed by atoms with Crippen molar-refractivity contribution >= 4 is 29.0 Å². The normalized spacial score (nSPS) is 14.0. The molecule has 3 aromatic rings. The molecule has 1 fully saturated rings. The van der Waals surface area contributed by atoms with Gasteiger partial charge in [0.2, 0.25) is 5.91 Å². The number of halogens is 2. The van der Waals surface area contributed by atoms with Gasteiger partial charge in [-0.25, -0.2) is 9.37 Å². The molecule has 0 aliphatic heterocycles. The van der Waals surface area contributed by atoms with Crippen LogP contribution in [0.25, 0.3) is 16.8 Å². The highest BCUT2D eigenvalue weighted by Crippen LogP contribution is 2.34. The summed E-state index contributed by atoms with van der Waals surface area (Å²) in [6, 6.07) is 6.21. The number of hydrogen-bond acceptors (Lipinski definition) is 3. The van der Waals surface area contributed by atoms with Crippen LogP contribution in [-0.4, -0.2) is 20.4 Å². The van der Waals surface area contributed by atoms with E-state index >= 15 is 0 Å². The Hall–Kier alpha value is -2.44. The topological polar surface area (TPSA) is 66.6 Å². The molecule has 1 aliphatic carbocycles. The lowest BCUT2D eigenvalue weighted by atomic mass is 10.0. The first kappa shape index (κ1) is 16.1. The fraction of sp³-hybridized carbons (Fsp3) is 0.222. The van der Waals surface area contributed by atoms with Crippen LogP contribution in [0.2, 0.25) is 5.02 Å². The van der Waals surface area contributed by atoms with E-state index in [2.05, 4.69) is 10.3 Å². The number of rotatable bonds is 4. The van der Waals surface area contributed by atoms with Crippen molar-refractivity contribution in [1.82, 2.24) is 9.38 Å². The molecule has 1 aliphatic rings. The summed E-state index contributed by atoms with van der Waals surface area (Å²) in [5, 5.41) is 12.6. The Kier molecular flexibility index (Phi) is 3.94. The average molecular weight is 360 g/mol. The van der Waals surface area contributed by atoms with E-state index in [9.17, 15) is 14.3 Å². The Morgan fingerprint density at radius 2 is 2.12 bits per heavy atom. The maximum Gasteiger partial charge on any atom is 0.228 e. The van der Waals surface area contributed by atoms with Gasteiger partial charge in [0.1, 0.15) is 11.5 Å². The highest BCUT2D eigenvalue weighted by molar-refractivity contribution is 6.33. The van der Waals surface area contributed by atoms with Gasteiger partial charge in [0.15, 0.2) is 5.82 Å². The van der Waals surface area contributed by atoms with Crippen molar-refractivity contribution in [2.24, 2.45) is 5.92 Å². The molecule has 1 aromatic carbocycles. The molecule has 7 heteroatoms. The number of hydrogen-bond donors (Lipinski definition) is 2. The van der Waals surface area contributed by atoms with E-state index in [-0.39, 0.29) is 17.4 Å². The quantitative estimate of drug-likeness (QED) is 0.747. The SMILES string of the molecule is O=C(Nc1cn2cc(-c3c(Cl)ccc(F)c3CO)ccc2n1)C1CC1. The molecule has 25 heavy (non-hydrogen) atoms. The van der Waals surface area contributed by atoms with Gasteiger partial charge < -0.3 is 14.8 Å². The van der Waals surface area contributed by atoms with Crippen LogP contribution < -0.4 is 5.32 Å². The van der Waals surface area contributed by atoms with Crippen molar-refractivity contribution < 1.29 is 14.3 Å². The number of fused-ring (bicyclic) bond motifs is 1. The van der Waals surface area contributed by atoms with Gasteiger partial charge in [-0.15, -0.1) is 0 Å². The second kappa shape index (κ2) is 6.13. The Bertz CT molecular complexity index is 982. The summed E-state index contributed by atoms with van der Waals surface area (Å²) in [6.07, 6.45) is 5.29. The zero-order valence-electron chi connectivity index (χ0n) is 13.2. The van der Waals surface area contributed by atoms with Crippen molar-refractivity contribution in [2.45, 2.75) is 19.4 Å². The first-order valence-electron chi connectivity index (χ1n) is 7.94. The summed E-state index contributed by atoms with van der Waals surface area (Å²) in [5.74, 6) is 0.0461. The molecule has 0 bridgehead atoms. The van der Waals surface area contributed by atoms with Crippen LogP contribution in [0.3, 0.4) is 0 Å². The number of aliphatic hydroxyl groups excluding tert-OH is 1. The number of anilines is 1. The molecule has 128 valence electrons. The second-order valence-electron chi connectivity index (χ2n) is 6.11. The van der Waals surface area contributed by atoms with Gasteiger partial charge in [0.25, 0.3) is 0 Å². The van der Waals surface area contributed by atoms with E-state index in [4.69, 9.17) is 11.6 Å². The number of nitrogens with zero attached hydrogens (tertiary/aromatic N) is 2. The lowest BCUT2D eigenvalue weighted by molar-refractivity contribution is -0.117. The predicted octanol–water partition coefficient (Wildman–Crippen LogP) is 3.63. The molecule has 0 spiro atoms. The third-order valence-electron chi connectivity index (χ3n) is 4.30. The van der Waals surface area contributed by atoms with Crippen LogP contribution >= 0.6 is 11.6 Å². The Labute approximate surface area is 148 Å². The molecule has 0 saturated heterocycles. The number of carbonyl (C=O) groups is 1. The fourth-order valence-corrected chi connectivity index (χ4v) is 3.12. The van der Waals surface area contributed by atoms with E-state index in [1.54, 1.807) is 28.9 Å². The molecule has 1 saturated carbocycles. The van der Waals surface area contributed by atoms with Crippen LogP contribution in [0.5, 0.6) is 0 Å². The minimum atomic E-state index is -0.509. The average Bonchev–Trinajstić information content (AvgIpc) is 3.37. The Morgan fingerprint density at radius 1 is 1.32 bits per heavy atom. The summed E-state index contributed by atoms with van der Waals surface area (Å²) in [4.78, 5) is 16.2. The van der Waals surface area contributed by atoms with Gasteiger partial charge in [-0.05, 0) is 37.1 Å². The zero-order chi connectivity index (χ0) is 17.6. The number of nitrogens with one attached hydrogen (secondary N) is 1.